The van der Waals surface area contributed by atoms with Gasteiger partial charge in [0.15, 0.2) is 0 Å². The van der Waals surface area contributed by atoms with Gasteiger partial charge >= 0.3 is 6.03 Å². The Kier molecular flexibility index (Phi) is 17.8. The number of urea groups is 1. The van der Waals surface area contributed by atoms with Crippen LogP contribution >= 0.6 is 0 Å². The number of aliphatic hydroxyl groups excluding tert-OH is 2. The lowest BCUT2D eigenvalue weighted by molar-refractivity contribution is -0.181. The lowest BCUT2D eigenvalue weighted by atomic mass is 10.0. The van der Waals surface area contributed by atoms with E-state index in [2.05, 4.69) is 31.3 Å². The molecule has 5 amide bonds. The summed E-state index contributed by atoms with van der Waals surface area (Å²) in [6, 6.07) is 2.35. The molecule has 16 nitrogen and oxygen atoms in total. The average Bonchev–Trinajstić information content (AvgIpc) is 2.94. The molecule has 0 fully saturated rings. The van der Waals surface area contributed by atoms with Crippen LogP contribution in [-0.2, 0) is 35.8 Å². The SMILES string of the molecule is CC(C)[C@H](NC(=O)[C@H](CCCCNC(O)OC(C)(C)C)NS(C)(=O)=O)C(=O)N[C@@H](CCCNC(N)=O)C(=O)Nc1ccc(CO)cc1. The standard InChI is InChI=1S/C30H53N7O9S/c1-19(2)24(36-26(40)23(37-47(6,44)45)10-7-8-16-33-29(43)46-30(3,4)5)27(41)35-22(11-9-17-32-28(31)42)25(39)34-21-14-12-20(18-38)13-15-21/h12-15,19,22-24,29,33,37-38,43H,7-11,16-18H2,1-6H3,(H,34,39)(H,35,41)(H,36,40)(H3,31,32,42)/t22-,23-,24-,29?/m0/s1. The molecule has 1 aromatic rings. The number of benzene rings is 1. The number of unbranched alkanes of at least 4 members (excludes halogenated alkanes) is 1. The second-order valence-electron chi connectivity index (χ2n) is 12.5. The van der Waals surface area contributed by atoms with Gasteiger partial charge in [-0.2, -0.15) is 0 Å². The van der Waals surface area contributed by atoms with Crippen molar-refractivity contribution in [3.05, 3.63) is 29.8 Å². The van der Waals surface area contributed by atoms with Crippen LogP contribution in [0.1, 0.15) is 72.3 Å². The molecule has 0 spiro atoms. The van der Waals surface area contributed by atoms with E-state index >= 15 is 0 Å². The molecule has 1 rings (SSSR count). The Hall–Kier alpha value is -3.35. The summed E-state index contributed by atoms with van der Waals surface area (Å²) < 4.78 is 31.8. The number of ether oxygens (including phenoxy) is 1. The molecule has 0 saturated carbocycles. The van der Waals surface area contributed by atoms with E-state index in [9.17, 15) is 37.8 Å². The summed E-state index contributed by atoms with van der Waals surface area (Å²) in [5, 5.41) is 32.4. The minimum atomic E-state index is -3.80. The Morgan fingerprint density at radius 2 is 1.51 bits per heavy atom. The Morgan fingerprint density at radius 1 is 0.894 bits per heavy atom. The molecule has 47 heavy (non-hydrogen) atoms. The summed E-state index contributed by atoms with van der Waals surface area (Å²) in [5.74, 6) is -2.38. The number of hydrogen-bond donors (Lipinski definition) is 9. The number of amides is 5. The van der Waals surface area contributed by atoms with E-state index in [0.717, 1.165) is 6.26 Å². The lowest BCUT2D eigenvalue weighted by Crippen LogP contribution is -2.57. The van der Waals surface area contributed by atoms with Crippen molar-refractivity contribution in [2.75, 3.05) is 24.7 Å². The number of carbonyl (C=O) groups excluding carboxylic acids is 4. The molecule has 0 radical (unpaired) electrons. The smallest absolute Gasteiger partial charge is 0.312 e. The van der Waals surface area contributed by atoms with Gasteiger partial charge in [-0.05, 0) is 76.6 Å². The van der Waals surface area contributed by atoms with Crippen molar-refractivity contribution in [1.82, 2.24) is 26.0 Å². The Labute approximate surface area is 277 Å². The summed E-state index contributed by atoms with van der Waals surface area (Å²) in [5.41, 5.74) is 5.63. The molecule has 0 saturated heterocycles. The lowest BCUT2D eigenvalue weighted by Gasteiger charge is -2.27. The first kappa shape index (κ1) is 41.7. The first-order valence-corrected chi connectivity index (χ1v) is 17.4. The van der Waals surface area contributed by atoms with E-state index in [1.807, 2.05) is 0 Å². The molecular formula is C30H53N7O9S. The first-order valence-electron chi connectivity index (χ1n) is 15.5. The quantitative estimate of drug-likeness (QED) is 0.0616. The van der Waals surface area contributed by atoms with E-state index in [1.54, 1.807) is 58.9 Å². The molecule has 0 aliphatic carbocycles. The largest absolute Gasteiger partial charge is 0.392 e. The molecule has 0 bridgehead atoms. The van der Waals surface area contributed by atoms with E-state index in [0.29, 0.717) is 30.6 Å². The highest BCUT2D eigenvalue weighted by molar-refractivity contribution is 7.88. The van der Waals surface area contributed by atoms with Crippen molar-refractivity contribution in [3.63, 3.8) is 0 Å². The van der Waals surface area contributed by atoms with Crippen molar-refractivity contribution in [2.24, 2.45) is 11.7 Å². The van der Waals surface area contributed by atoms with Crippen LogP contribution in [0.15, 0.2) is 24.3 Å². The van der Waals surface area contributed by atoms with E-state index < -0.39 is 69.8 Å². The van der Waals surface area contributed by atoms with Crippen LogP contribution in [0.25, 0.3) is 0 Å². The molecule has 0 aromatic heterocycles. The van der Waals surface area contributed by atoms with Crippen molar-refractivity contribution < 1.29 is 42.5 Å². The monoisotopic (exact) mass is 687 g/mol. The van der Waals surface area contributed by atoms with Gasteiger partial charge in [0.05, 0.1) is 18.5 Å². The van der Waals surface area contributed by atoms with E-state index in [-0.39, 0.29) is 32.4 Å². The molecule has 17 heteroatoms. The van der Waals surface area contributed by atoms with Gasteiger partial charge in [0.1, 0.15) is 18.1 Å². The number of sulfonamides is 1. The number of nitrogens with two attached hydrogens (primary N) is 1. The second kappa shape index (κ2) is 20.1. The van der Waals surface area contributed by atoms with Gasteiger partial charge in [-0.25, -0.2) is 17.9 Å². The highest BCUT2D eigenvalue weighted by atomic mass is 32.2. The molecule has 1 aromatic carbocycles. The van der Waals surface area contributed by atoms with E-state index in [4.69, 9.17) is 10.5 Å². The summed E-state index contributed by atoms with van der Waals surface area (Å²) in [4.78, 5) is 51.1. The van der Waals surface area contributed by atoms with Crippen molar-refractivity contribution in [2.45, 2.75) is 103 Å². The third kappa shape index (κ3) is 18.5. The predicted molar refractivity (Wildman–Crippen MR) is 177 cm³/mol. The zero-order valence-corrected chi connectivity index (χ0v) is 28.9. The first-order chi connectivity index (χ1) is 21.8. The number of nitrogens with one attached hydrogen (secondary N) is 6. The molecule has 4 atom stereocenters. The highest BCUT2D eigenvalue weighted by Crippen LogP contribution is 2.13. The number of hydrogen-bond acceptors (Lipinski definition) is 10. The zero-order valence-electron chi connectivity index (χ0n) is 28.1. The molecule has 0 aliphatic heterocycles. The van der Waals surface area contributed by atoms with E-state index in [1.165, 1.54) is 0 Å². The van der Waals surface area contributed by atoms with Crippen LogP contribution in [-0.4, -0.2) is 91.9 Å². The van der Waals surface area contributed by atoms with Gasteiger partial charge in [-0.15, -0.1) is 0 Å². The number of primary amides is 1. The third-order valence-corrected chi connectivity index (χ3v) is 7.34. The van der Waals surface area contributed by atoms with Crippen molar-refractivity contribution >= 4 is 39.5 Å². The summed E-state index contributed by atoms with van der Waals surface area (Å²) in [7, 11) is -3.80. The normalized spacial score (nSPS) is 14.5. The zero-order chi connectivity index (χ0) is 35.8. The number of anilines is 1. The fourth-order valence-corrected chi connectivity index (χ4v) is 5.08. The molecule has 0 heterocycles. The number of rotatable bonds is 21. The Balaban J connectivity index is 2.97. The van der Waals surface area contributed by atoms with Gasteiger partial charge in [0.25, 0.3) is 0 Å². The minimum Gasteiger partial charge on any atom is -0.392 e. The van der Waals surface area contributed by atoms with Gasteiger partial charge in [-0.1, -0.05) is 32.4 Å². The predicted octanol–water partition coefficient (Wildman–Crippen LogP) is -0.0398. The van der Waals surface area contributed by atoms with Crippen molar-refractivity contribution in [3.8, 4) is 0 Å². The van der Waals surface area contributed by atoms with Crippen LogP contribution in [0, 0.1) is 5.92 Å². The van der Waals surface area contributed by atoms with Gasteiger partial charge < -0.3 is 42.0 Å². The van der Waals surface area contributed by atoms with Gasteiger partial charge in [-0.3, -0.25) is 19.7 Å². The molecular weight excluding hydrogens is 634 g/mol. The van der Waals surface area contributed by atoms with Crippen LogP contribution in [0.5, 0.6) is 0 Å². The summed E-state index contributed by atoms with van der Waals surface area (Å²) in [6.07, 6.45) is 1.13. The number of aliphatic hydroxyl groups is 2. The molecule has 268 valence electrons. The fraction of sp³-hybridized carbons (Fsp3) is 0.667. The van der Waals surface area contributed by atoms with Crippen LogP contribution in [0.2, 0.25) is 0 Å². The Bertz CT molecular complexity index is 1260. The van der Waals surface area contributed by atoms with Crippen LogP contribution in [0.4, 0.5) is 10.5 Å². The summed E-state index contributed by atoms with van der Waals surface area (Å²) >= 11 is 0. The Morgan fingerprint density at radius 3 is 2.04 bits per heavy atom. The second-order valence-corrected chi connectivity index (χ2v) is 14.3. The van der Waals surface area contributed by atoms with Gasteiger partial charge in [0.2, 0.25) is 34.2 Å². The molecule has 10 N–H and O–H groups in total. The third-order valence-electron chi connectivity index (χ3n) is 6.63. The maximum Gasteiger partial charge on any atom is 0.312 e. The summed E-state index contributed by atoms with van der Waals surface area (Å²) in [6.45, 7) is 9.08. The number of carbonyl (C=O) groups is 4. The van der Waals surface area contributed by atoms with Crippen LogP contribution < -0.4 is 37.0 Å². The molecule has 0 aliphatic rings. The van der Waals surface area contributed by atoms with Gasteiger partial charge in [0, 0.05) is 12.2 Å². The van der Waals surface area contributed by atoms with Crippen LogP contribution in [0.3, 0.4) is 0 Å². The maximum atomic E-state index is 13.5. The highest BCUT2D eigenvalue weighted by Gasteiger charge is 2.31. The fourth-order valence-electron chi connectivity index (χ4n) is 4.34. The minimum absolute atomic E-state index is 0.107. The maximum absolute atomic E-state index is 13.5. The average molecular weight is 688 g/mol. The van der Waals surface area contributed by atoms with Crippen molar-refractivity contribution in [1.29, 1.82) is 0 Å². The molecule has 1 unspecified atom stereocenters. The topological polar surface area (TPSA) is 250 Å².